The van der Waals surface area contributed by atoms with Crippen molar-refractivity contribution in [3.63, 3.8) is 0 Å². The number of nitrogens with zero attached hydrogens (tertiary/aromatic N) is 2. The van der Waals surface area contributed by atoms with Gasteiger partial charge in [0.25, 0.3) is 5.91 Å². The van der Waals surface area contributed by atoms with Crippen LogP contribution in [0.2, 0.25) is 5.02 Å². The molecule has 36 heavy (non-hydrogen) atoms. The van der Waals surface area contributed by atoms with Gasteiger partial charge >= 0.3 is 0 Å². The number of methoxy groups -OCH3 is 1. The molecule has 0 saturated carbocycles. The van der Waals surface area contributed by atoms with E-state index in [1.807, 2.05) is 42.5 Å². The molecule has 1 amide bonds. The number of carbonyl (C=O) groups excluding carboxylic acids is 1. The lowest BCUT2D eigenvalue weighted by atomic mass is 10.1. The summed E-state index contributed by atoms with van der Waals surface area (Å²) < 4.78 is 12.1. The summed E-state index contributed by atoms with van der Waals surface area (Å²) in [5, 5.41) is 13.1. The summed E-state index contributed by atoms with van der Waals surface area (Å²) in [6.45, 7) is 6.30. The van der Waals surface area contributed by atoms with Gasteiger partial charge in [-0.05, 0) is 95.5 Å². The van der Waals surface area contributed by atoms with Crippen LogP contribution in [-0.2, 0) is 11.4 Å². The van der Waals surface area contributed by atoms with Crippen LogP contribution in [0, 0.1) is 11.3 Å². The number of benzene rings is 3. The van der Waals surface area contributed by atoms with Gasteiger partial charge in [-0.3, -0.25) is 4.79 Å². The van der Waals surface area contributed by atoms with E-state index in [-0.39, 0.29) is 5.57 Å². The van der Waals surface area contributed by atoms with Gasteiger partial charge in [0.1, 0.15) is 18.2 Å². The van der Waals surface area contributed by atoms with Crippen LogP contribution in [0.25, 0.3) is 6.08 Å². The Morgan fingerprint density at radius 1 is 1.11 bits per heavy atom. The summed E-state index contributed by atoms with van der Waals surface area (Å²) in [6, 6.07) is 20.4. The summed E-state index contributed by atoms with van der Waals surface area (Å²) in [4.78, 5) is 15.0. The Bertz CT molecular complexity index is 1260. The van der Waals surface area contributed by atoms with Gasteiger partial charge in [0.2, 0.25) is 0 Å². The maximum atomic E-state index is 12.8. The smallest absolute Gasteiger partial charge is 0.266 e. The molecule has 0 aromatic heterocycles. The molecule has 6 nitrogen and oxygen atoms in total. The van der Waals surface area contributed by atoms with Crippen molar-refractivity contribution in [3.05, 3.63) is 86.9 Å². The summed E-state index contributed by atoms with van der Waals surface area (Å²) in [7, 11) is 1.53. The highest BCUT2D eigenvalue weighted by molar-refractivity contribution is 9.10. The molecule has 1 N–H and O–H groups in total. The topological polar surface area (TPSA) is 74.6 Å². The third-order valence-electron chi connectivity index (χ3n) is 5.48. The first kappa shape index (κ1) is 27.1. The number of amides is 1. The average molecular weight is 569 g/mol. The molecule has 0 aliphatic heterocycles. The predicted octanol–water partition coefficient (Wildman–Crippen LogP) is 7.08. The third kappa shape index (κ3) is 7.03. The van der Waals surface area contributed by atoms with Gasteiger partial charge < -0.3 is 19.7 Å². The maximum absolute atomic E-state index is 12.8. The van der Waals surface area contributed by atoms with E-state index < -0.39 is 5.91 Å². The van der Waals surface area contributed by atoms with Crippen LogP contribution in [0.5, 0.6) is 11.5 Å². The Hall–Kier alpha value is -3.47. The normalized spacial score (nSPS) is 10.9. The number of ether oxygens (including phenoxy) is 2. The maximum Gasteiger partial charge on any atom is 0.266 e. The number of nitrogens with one attached hydrogen (secondary N) is 1. The van der Waals surface area contributed by atoms with E-state index >= 15 is 0 Å². The second-order valence-corrected chi connectivity index (χ2v) is 9.08. The zero-order valence-electron chi connectivity index (χ0n) is 20.3. The molecular formula is C28H27BrClN3O3. The molecule has 8 heteroatoms. The Balaban J connectivity index is 1.76. The summed E-state index contributed by atoms with van der Waals surface area (Å²) >= 11 is 9.46. The van der Waals surface area contributed by atoms with Gasteiger partial charge in [0.05, 0.1) is 11.6 Å². The fraction of sp³-hybridized carbons (Fsp3) is 0.214. The molecule has 3 aromatic rings. The van der Waals surface area contributed by atoms with E-state index in [4.69, 9.17) is 21.1 Å². The minimum Gasteiger partial charge on any atom is -0.493 e. The number of nitriles is 1. The molecule has 0 fully saturated rings. The molecule has 0 saturated heterocycles. The van der Waals surface area contributed by atoms with Gasteiger partial charge in [0.15, 0.2) is 11.5 Å². The standard InChI is InChI=1S/C28H27BrClN3O3/c1-4-33(5-2)24-12-10-23(11-13-24)32-28(34)21(17-31)14-20-15-25(29)27(26(16-20)35-3)36-18-19-6-8-22(30)9-7-19/h6-16H,4-5,18H2,1-3H3,(H,32,34)/b21-14-. The average Bonchev–Trinajstić information content (AvgIpc) is 2.88. The lowest BCUT2D eigenvalue weighted by molar-refractivity contribution is -0.112. The van der Waals surface area contributed by atoms with Crippen LogP contribution < -0.4 is 19.7 Å². The van der Waals surface area contributed by atoms with E-state index in [2.05, 4.69) is 40.0 Å². The van der Waals surface area contributed by atoms with Gasteiger partial charge in [0, 0.05) is 29.5 Å². The Morgan fingerprint density at radius 3 is 2.36 bits per heavy atom. The van der Waals surface area contributed by atoms with Crippen molar-refractivity contribution < 1.29 is 14.3 Å². The Kier molecular flexibility index (Phi) is 9.80. The molecule has 3 rings (SSSR count). The van der Waals surface area contributed by atoms with Gasteiger partial charge in [-0.25, -0.2) is 0 Å². The van der Waals surface area contributed by atoms with E-state index in [0.29, 0.717) is 38.9 Å². The lowest BCUT2D eigenvalue weighted by Gasteiger charge is -2.21. The molecule has 186 valence electrons. The SMILES string of the molecule is CCN(CC)c1ccc(NC(=O)/C(C#N)=C\c2cc(Br)c(OCc3ccc(Cl)cc3)c(OC)c2)cc1. The Morgan fingerprint density at radius 2 is 1.78 bits per heavy atom. The minimum absolute atomic E-state index is 0.0356. The van der Waals surface area contributed by atoms with E-state index in [0.717, 1.165) is 24.3 Å². The number of carbonyl (C=O) groups is 1. The van der Waals surface area contributed by atoms with Crippen LogP contribution in [-0.4, -0.2) is 26.1 Å². The molecule has 0 spiro atoms. The van der Waals surface area contributed by atoms with Crippen LogP contribution in [0.1, 0.15) is 25.0 Å². The van der Waals surface area contributed by atoms with Crippen LogP contribution in [0.15, 0.2) is 70.7 Å². The first-order valence-corrected chi connectivity index (χ1v) is 12.6. The Labute approximate surface area is 225 Å². The van der Waals surface area contributed by atoms with Gasteiger partial charge in [-0.15, -0.1) is 0 Å². The zero-order valence-corrected chi connectivity index (χ0v) is 22.7. The highest BCUT2D eigenvalue weighted by Crippen LogP contribution is 2.38. The number of anilines is 2. The molecule has 0 aliphatic carbocycles. The quantitative estimate of drug-likeness (QED) is 0.209. The summed E-state index contributed by atoms with van der Waals surface area (Å²) in [6.07, 6.45) is 1.51. The summed E-state index contributed by atoms with van der Waals surface area (Å²) in [5.41, 5.74) is 3.21. The third-order valence-corrected chi connectivity index (χ3v) is 6.32. The number of hydrogen-bond acceptors (Lipinski definition) is 5. The van der Waals surface area contributed by atoms with Crippen molar-refractivity contribution in [2.45, 2.75) is 20.5 Å². The van der Waals surface area contributed by atoms with Crippen molar-refractivity contribution in [1.29, 1.82) is 5.26 Å². The van der Waals surface area contributed by atoms with Crippen molar-refractivity contribution in [3.8, 4) is 17.6 Å². The van der Waals surface area contributed by atoms with Crippen molar-refractivity contribution in [2.24, 2.45) is 0 Å². The monoisotopic (exact) mass is 567 g/mol. The molecular weight excluding hydrogens is 542 g/mol. The summed E-state index contributed by atoms with van der Waals surface area (Å²) in [5.74, 6) is 0.487. The second-order valence-electron chi connectivity index (χ2n) is 7.79. The van der Waals surface area contributed by atoms with Crippen molar-refractivity contribution in [1.82, 2.24) is 0 Å². The van der Waals surface area contributed by atoms with Crippen LogP contribution >= 0.6 is 27.5 Å². The molecule has 0 heterocycles. The highest BCUT2D eigenvalue weighted by atomic mass is 79.9. The van der Waals surface area contributed by atoms with Gasteiger partial charge in [-0.1, -0.05) is 23.7 Å². The molecule has 0 radical (unpaired) electrons. The fourth-order valence-corrected chi connectivity index (χ4v) is 4.26. The molecule has 0 unspecified atom stereocenters. The highest BCUT2D eigenvalue weighted by Gasteiger charge is 2.15. The van der Waals surface area contributed by atoms with E-state index in [9.17, 15) is 10.1 Å². The molecule has 0 bridgehead atoms. The molecule has 0 aliphatic rings. The first-order chi connectivity index (χ1) is 17.4. The van der Waals surface area contributed by atoms with Gasteiger partial charge in [-0.2, -0.15) is 5.26 Å². The lowest BCUT2D eigenvalue weighted by Crippen LogP contribution is -2.21. The van der Waals surface area contributed by atoms with E-state index in [1.54, 1.807) is 24.3 Å². The fourth-order valence-electron chi connectivity index (χ4n) is 3.56. The first-order valence-electron chi connectivity index (χ1n) is 11.4. The van der Waals surface area contributed by atoms with Crippen molar-refractivity contribution >= 4 is 50.9 Å². The largest absolute Gasteiger partial charge is 0.493 e. The van der Waals surface area contributed by atoms with Crippen molar-refractivity contribution in [2.75, 3.05) is 30.4 Å². The van der Waals surface area contributed by atoms with Crippen LogP contribution in [0.4, 0.5) is 11.4 Å². The number of hydrogen-bond donors (Lipinski definition) is 1. The predicted molar refractivity (Wildman–Crippen MR) is 149 cm³/mol. The minimum atomic E-state index is -0.494. The van der Waals surface area contributed by atoms with Crippen LogP contribution in [0.3, 0.4) is 0 Å². The molecule has 3 aromatic carbocycles. The van der Waals surface area contributed by atoms with E-state index in [1.165, 1.54) is 13.2 Å². The second kappa shape index (κ2) is 13.0. The number of rotatable bonds is 10. The zero-order chi connectivity index (χ0) is 26.1. The number of halogens is 2. The molecule has 0 atom stereocenters.